The van der Waals surface area contributed by atoms with E-state index >= 15 is 0 Å². The Morgan fingerprint density at radius 1 is 1.02 bits per heavy atom. The summed E-state index contributed by atoms with van der Waals surface area (Å²) in [6.45, 7) is -2.59. The van der Waals surface area contributed by atoms with Gasteiger partial charge >= 0.3 is 37.4 Å². The number of aliphatic hydroxyl groups is 6. The number of anilines is 1. The summed E-state index contributed by atoms with van der Waals surface area (Å²) in [6, 6.07) is 0. The number of nitrogens with zero attached hydrogens (tertiary/aromatic N) is 6. The average Bonchev–Trinajstić information content (AvgIpc) is 3.68. The van der Waals surface area contributed by atoms with Gasteiger partial charge in [-0.25, -0.2) is 18.5 Å². The molecule has 0 radical (unpaired) electrons. The third kappa shape index (κ3) is 7.75. The van der Waals surface area contributed by atoms with Crippen LogP contribution in [-0.4, -0.2) is 126 Å². The number of fused-ring (bicyclic) bond motifs is 1. The van der Waals surface area contributed by atoms with E-state index in [0.29, 0.717) is 0 Å². The van der Waals surface area contributed by atoms with Crippen LogP contribution < -0.4 is 45.7 Å². The molecule has 46 heavy (non-hydrogen) atoms. The van der Waals surface area contributed by atoms with E-state index in [2.05, 4.69) is 38.6 Å². The second-order valence-electron chi connectivity index (χ2n) is 9.80. The summed E-state index contributed by atoms with van der Waals surface area (Å²) in [5, 5.41) is 67.3. The number of ether oxygens (including phenoxy) is 2. The standard InChI is InChI=1S/C19H28N8O16P2.Na/c20-19-22-15-9(16(34)23-19)21-5-26(15)17-13(32)11(30)8(42-17)4-40-45(37,38)43-44(35,36)39-3-6-1-27(25-24-6)18-14(33)12(31)10(29)7(2-28)41-18;/h1,5,7-8,10-14,17-18,28-33H,2-4H2,(H,35,36)(H,37,38)(H3,20,22,23,34);/q;+1/p-1/t7-,8-,10+,11-,12+,13-,14-,17-,18-;/m1./s1. The molecular formula is C19H27N8NaO16P2. The zero-order valence-electron chi connectivity index (χ0n) is 23.4. The van der Waals surface area contributed by atoms with Gasteiger partial charge in [-0.15, -0.1) is 5.10 Å². The summed E-state index contributed by atoms with van der Waals surface area (Å²) in [5.41, 5.74) is 4.36. The molecular weight excluding hydrogens is 681 g/mol. The number of nitrogens with two attached hydrogens (primary N) is 1. The van der Waals surface area contributed by atoms with Crippen molar-refractivity contribution in [3.05, 3.63) is 28.6 Å². The van der Waals surface area contributed by atoms with Crippen molar-refractivity contribution in [1.82, 2.24) is 34.5 Å². The number of imidazole rings is 1. The number of nitrogen functional groups attached to an aromatic ring is 1. The topological polar surface area (TPSA) is 365 Å². The Morgan fingerprint density at radius 3 is 2.37 bits per heavy atom. The van der Waals surface area contributed by atoms with Crippen LogP contribution in [0.4, 0.5) is 5.95 Å². The summed E-state index contributed by atoms with van der Waals surface area (Å²) in [6.07, 6.45) is -12.1. The zero-order chi connectivity index (χ0) is 32.8. The number of phosphoric ester groups is 2. The molecule has 5 rings (SSSR count). The molecule has 2 aliphatic rings. The molecule has 0 spiro atoms. The van der Waals surface area contributed by atoms with Crippen LogP contribution in [0.3, 0.4) is 0 Å². The van der Waals surface area contributed by atoms with Gasteiger partial charge < -0.3 is 60.2 Å². The van der Waals surface area contributed by atoms with E-state index in [9.17, 15) is 54.4 Å². The maximum absolute atomic E-state index is 12.3. The molecule has 0 saturated carbocycles. The van der Waals surface area contributed by atoms with Crippen LogP contribution in [0, 0.1) is 0 Å². The first-order valence-electron chi connectivity index (χ1n) is 12.7. The molecule has 2 fully saturated rings. The van der Waals surface area contributed by atoms with E-state index < -0.39 is 96.2 Å². The largest absolute Gasteiger partial charge is 1.00 e. The summed E-state index contributed by atoms with van der Waals surface area (Å²) in [5.74, 6) is -0.277. The monoisotopic (exact) mass is 708 g/mol. The van der Waals surface area contributed by atoms with Crippen LogP contribution >= 0.6 is 15.6 Å². The van der Waals surface area contributed by atoms with Gasteiger partial charge in [-0.1, -0.05) is 5.21 Å². The van der Waals surface area contributed by atoms with Gasteiger partial charge in [0.05, 0.1) is 25.7 Å². The molecule has 3 aromatic rings. The van der Waals surface area contributed by atoms with Crippen LogP contribution in [-0.2, 0) is 38.6 Å². The fraction of sp³-hybridized carbons (Fsp3) is 0.632. The van der Waals surface area contributed by atoms with E-state index in [1.165, 1.54) is 0 Å². The third-order valence-electron chi connectivity index (χ3n) is 6.72. The van der Waals surface area contributed by atoms with Crippen LogP contribution in [0.5, 0.6) is 0 Å². The minimum atomic E-state index is -5.64. The average molecular weight is 708 g/mol. The summed E-state index contributed by atoms with van der Waals surface area (Å²) in [7, 11) is -11.0. The predicted octanol–water partition coefficient (Wildman–Crippen LogP) is -8.29. The molecule has 0 aliphatic carbocycles. The van der Waals surface area contributed by atoms with Crippen molar-refractivity contribution in [3.8, 4) is 0 Å². The van der Waals surface area contributed by atoms with Gasteiger partial charge in [0.1, 0.15) is 55.0 Å². The minimum absolute atomic E-state index is 0. The number of hydrogen-bond donors (Lipinski definition) is 9. The van der Waals surface area contributed by atoms with Crippen molar-refractivity contribution in [1.29, 1.82) is 0 Å². The second-order valence-corrected chi connectivity index (χ2v) is 12.8. The quantitative estimate of drug-likeness (QED) is 0.0659. The van der Waals surface area contributed by atoms with Crippen molar-refractivity contribution < 1.29 is 102 Å². The molecule has 250 valence electrons. The summed E-state index contributed by atoms with van der Waals surface area (Å²) >= 11 is 0. The van der Waals surface area contributed by atoms with Crippen LogP contribution in [0.15, 0.2) is 17.3 Å². The van der Waals surface area contributed by atoms with Crippen LogP contribution in [0.2, 0.25) is 0 Å². The molecule has 2 unspecified atom stereocenters. The SMILES string of the molecule is Nc1nc2c(ncn2[C@@H]2O[C@H](COP(=O)([O-])OP(=O)(O)OCc3cn([C@@H]4O[C@H](CO)[C@H](O)[C@H](O)[C@H]4O)nn3)[C@@H](O)[C@H]2O)c(=O)[nH]1.[Na+]. The number of nitrogens with one attached hydrogen (secondary N) is 1. The molecule has 10 N–H and O–H groups in total. The molecule has 3 aromatic heterocycles. The van der Waals surface area contributed by atoms with Crippen molar-refractivity contribution in [3.63, 3.8) is 0 Å². The molecule has 11 atom stereocenters. The van der Waals surface area contributed by atoms with Crippen molar-refractivity contribution in [2.75, 3.05) is 18.9 Å². The van der Waals surface area contributed by atoms with Gasteiger partial charge in [-0.2, -0.15) is 4.98 Å². The maximum atomic E-state index is 12.3. The van der Waals surface area contributed by atoms with Gasteiger partial charge in [-0.3, -0.25) is 23.4 Å². The normalized spacial score (nSPS) is 32.6. The molecule has 0 aromatic carbocycles. The number of aromatic amines is 1. The van der Waals surface area contributed by atoms with Gasteiger partial charge in [0.25, 0.3) is 13.4 Å². The molecule has 0 bridgehead atoms. The third-order valence-corrected chi connectivity index (χ3v) is 9.27. The van der Waals surface area contributed by atoms with E-state index in [0.717, 1.165) is 21.8 Å². The van der Waals surface area contributed by atoms with Crippen molar-refractivity contribution >= 4 is 32.8 Å². The van der Waals surface area contributed by atoms with Gasteiger partial charge in [0.2, 0.25) is 5.95 Å². The Hall–Kier alpha value is -1.77. The first kappa shape index (κ1) is 37.1. The fourth-order valence-corrected chi connectivity index (χ4v) is 6.53. The number of phosphoric acid groups is 2. The van der Waals surface area contributed by atoms with E-state index in [1.54, 1.807) is 0 Å². The molecule has 27 heteroatoms. The Bertz CT molecular complexity index is 1670. The number of hydrogen-bond acceptors (Lipinski definition) is 20. The minimum Gasteiger partial charge on any atom is -0.756 e. The second kappa shape index (κ2) is 14.4. The van der Waals surface area contributed by atoms with E-state index in [4.69, 9.17) is 15.2 Å². The van der Waals surface area contributed by atoms with E-state index in [-0.39, 0.29) is 52.4 Å². The fourth-order valence-electron chi connectivity index (χ4n) is 4.52. The van der Waals surface area contributed by atoms with E-state index in [1.807, 2.05) is 0 Å². The predicted molar refractivity (Wildman–Crippen MR) is 137 cm³/mol. The number of aromatic nitrogens is 7. The van der Waals surface area contributed by atoms with Crippen LogP contribution in [0.25, 0.3) is 11.2 Å². The number of H-pyrrole nitrogens is 1. The smallest absolute Gasteiger partial charge is 0.756 e. The number of rotatable bonds is 11. The summed E-state index contributed by atoms with van der Waals surface area (Å²) in [4.78, 5) is 44.2. The van der Waals surface area contributed by atoms with Crippen molar-refractivity contribution in [2.45, 2.75) is 61.8 Å². The zero-order valence-corrected chi connectivity index (χ0v) is 27.2. The molecule has 24 nitrogen and oxygen atoms in total. The molecule has 2 saturated heterocycles. The van der Waals surface area contributed by atoms with Crippen molar-refractivity contribution in [2.24, 2.45) is 0 Å². The Morgan fingerprint density at radius 2 is 1.67 bits per heavy atom. The molecule has 0 amide bonds. The molecule has 2 aliphatic heterocycles. The summed E-state index contributed by atoms with van der Waals surface area (Å²) < 4.78 is 50.6. The van der Waals surface area contributed by atoms with Gasteiger partial charge in [-0.05, 0) is 0 Å². The van der Waals surface area contributed by atoms with Crippen LogP contribution in [0.1, 0.15) is 18.1 Å². The Labute approximate surface area is 277 Å². The molecule has 5 heterocycles. The number of aliphatic hydroxyl groups excluding tert-OH is 6. The Balaban J connectivity index is 0.00000480. The first-order chi connectivity index (χ1) is 21.1. The van der Waals surface area contributed by atoms with Gasteiger partial charge in [0.15, 0.2) is 23.6 Å². The maximum Gasteiger partial charge on any atom is 1.00 e. The first-order valence-corrected chi connectivity index (χ1v) is 15.7. The Kier molecular flexibility index (Phi) is 11.6. The van der Waals surface area contributed by atoms with Gasteiger partial charge in [0, 0.05) is 0 Å².